The molecule has 0 aliphatic rings. The van der Waals surface area contributed by atoms with Crippen molar-refractivity contribution in [3.63, 3.8) is 0 Å². The van der Waals surface area contributed by atoms with Gasteiger partial charge in [-0.25, -0.2) is 4.79 Å². The van der Waals surface area contributed by atoms with Gasteiger partial charge in [0.2, 0.25) is 0 Å². The van der Waals surface area contributed by atoms with Gasteiger partial charge in [-0.15, -0.1) is 0 Å². The number of carbonyl (C=O) groups is 1. The molecule has 0 atom stereocenters. The fraction of sp³-hybridized carbons (Fsp3) is 0.357. The molecule has 0 aliphatic heterocycles. The van der Waals surface area contributed by atoms with E-state index < -0.39 is 5.97 Å². The quantitative estimate of drug-likeness (QED) is 0.583. The van der Waals surface area contributed by atoms with Gasteiger partial charge in [-0.3, -0.25) is 0 Å². The van der Waals surface area contributed by atoms with Crippen LogP contribution in [0.2, 0.25) is 10.0 Å². The van der Waals surface area contributed by atoms with Crippen LogP contribution in [-0.2, 0) is 9.53 Å². The fourth-order valence-electron chi connectivity index (χ4n) is 1.50. The Morgan fingerprint density at radius 3 is 2.75 bits per heavy atom. The molecule has 6 heteroatoms. The zero-order chi connectivity index (χ0) is 15.0. The van der Waals surface area contributed by atoms with E-state index in [1.54, 1.807) is 12.1 Å². The minimum Gasteiger partial charge on any atom is -0.491 e. The van der Waals surface area contributed by atoms with Gasteiger partial charge in [0.05, 0.1) is 11.6 Å². The van der Waals surface area contributed by atoms with E-state index >= 15 is 0 Å². The molecule has 4 nitrogen and oxygen atoms in total. The summed E-state index contributed by atoms with van der Waals surface area (Å²) in [5.41, 5.74) is 0.529. The highest BCUT2D eigenvalue weighted by atomic mass is 35.5. The molecular weight excluding hydrogens is 303 g/mol. The minimum atomic E-state index is -1.05. The standard InChI is InChI=1S/C14H16Cl2O4/c1-2-19-6-3-7-20-14-10(4-5-13(17)18)8-11(15)9-12(14)16/h4-5,8-9H,2-3,6-7H2,1H3,(H,17,18). The maximum atomic E-state index is 10.6. The monoisotopic (exact) mass is 318 g/mol. The molecule has 1 aromatic carbocycles. The third kappa shape index (κ3) is 5.82. The van der Waals surface area contributed by atoms with Crippen molar-refractivity contribution in [3.8, 4) is 5.75 Å². The summed E-state index contributed by atoms with van der Waals surface area (Å²) in [7, 11) is 0. The van der Waals surface area contributed by atoms with Crippen molar-refractivity contribution in [2.75, 3.05) is 19.8 Å². The molecule has 0 amide bonds. The van der Waals surface area contributed by atoms with Crippen LogP contribution in [0.25, 0.3) is 6.08 Å². The summed E-state index contributed by atoms with van der Waals surface area (Å²) in [6.45, 7) is 3.61. The molecule has 110 valence electrons. The average Bonchev–Trinajstić information content (AvgIpc) is 2.38. The third-order valence-electron chi connectivity index (χ3n) is 2.33. The van der Waals surface area contributed by atoms with Crippen LogP contribution in [0.15, 0.2) is 18.2 Å². The first-order chi connectivity index (χ1) is 9.54. The van der Waals surface area contributed by atoms with E-state index in [0.717, 1.165) is 12.5 Å². The predicted octanol–water partition coefficient (Wildman–Crippen LogP) is 3.90. The van der Waals surface area contributed by atoms with Crippen molar-refractivity contribution >= 4 is 35.2 Å². The highest BCUT2D eigenvalue weighted by molar-refractivity contribution is 6.35. The lowest BCUT2D eigenvalue weighted by Crippen LogP contribution is -2.04. The van der Waals surface area contributed by atoms with Crippen LogP contribution in [0.1, 0.15) is 18.9 Å². The number of ether oxygens (including phenoxy) is 2. The van der Waals surface area contributed by atoms with E-state index in [2.05, 4.69) is 0 Å². The van der Waals surface area contributed by atoms with Gasteiger partial charge in [-0.2, -0.15) is 0 Å². The number of carboxylic acids is 1. The Morgan fingerprint density at radius 2 is 2.10 bits per heavy atom. The highest BCUT2D eigenvalue weighted by Crippen LogP contribution is 2.33. The van der Waals surface area contributed by atoms with Crippen LogP contribution in [-0.4, -0.2) is 30.9 Å². The summed E-state index contributed by atoms with van der Waals surface area (Å²) in [6.07, 6.45) is 3.13. The second-order valence-electron chi connectivity index (χ2n) is 3.88. The zero-order valence-electron chi connectivity index (χ0n) is 11.1. The highest BCUT2D eigenvalue weighted by Gasteiger charge is 2.09. The molecular formula is C14H16Cl2O4. The number of hydrogen-bond acceptors (Lipinski definition) is 3. The molecule has 0 saturated carbocycles. The lowest BCUT2D eigenvalue weighted by atomic mass is 10.2. The van der Waals surface area contributed by atoms with E-state index in [1.807, 2.05) is 6.92 Å². The predicted molar refractivity (Wildman–Crippen MR) is 79.7 cm³/mol. The van der Waals surface area contributed by atoms with E-state index in [4.69, 9.17) is 37.8 Å². The smallest absolute Gasteiger partial charge is 0.328 e. The number of halogens is 2. The summed E-state index contributed by atoms with van der Waals surface area (Å²) >= 11 is 12.0. The van der Waals surface area contributed by atoms with Crippen LogP contribution in [0.4, 0.5) is 0 Å². The lowest BCUT2D eigenvalue weighted by molar-refractivity contribution is -0.131. The van der Waals surface area contributed by atoms with Crippen LogP contribution >= 0.6 is 23.2 Å². The van der Waals surface area contributed by atoms with Crippen molar-refractivity contribution < 1.29 is 19.4 Å². The Labute approximate surface area is 127 Å². The van der Waals surface area contributed by atoms with Crippen molar-refractivity contribution in [2.24, 2.45) is 0 Å². The van der Waals surface area contributed by atoms with Gasteiger partial charge in [0, 0.05) is 36.3 Å². The van der Waals surface area contributed by atoms with E-state index in [9.17, 15) is 4.79 Å². The molecule has 0 fully saturated rings. The number of aliphatic carboxylic acids is 1. The molecule has 1 rings (SSSR count). The summed E-state index contributed by atoms with van der Waals surface area (Å²) in [4.78, 5) is 10.6. The van der Waals surface area contributed by atoms with Gasteiger partial charge >= 0.3 is 5.97 Å². The fourth-order valence-corrected chi connectivity index (χ4v) is 2.06. The summed E-state index contributed by atoms with van der Waals surface area (Å²) < 4.78 is 10.8. The van der Waals surface area contributed by atoms with Crippen LogP contribution in [0.5, 0.6) is 5.75 Å². The molecule has 0 saturated heterocycles. The molecule has 20 heavy (non-hydrogen) atoms. The van der Waals surface area contributed by atoms with Crippen LogP contribution in [0.3, 0.4) is 0 Å². The number of benzene rings is 1. The molecule has 1 aromatic rings. The Bertz CT molecular complexity index is 486. The summed E-state index contributed by atoms with van der Waals surface area (Å²) in [6, 6.07) is 3.16. The van der Waals surface area contributed by atoms with Gasteiger partial charge in [0.1, 0.15) is 5.75 Å². The molecule has 0 heterocycles. The van der Waals surface area contributed by atoms with E-state index in [0.29, 0.717) is 41.2 Å². The molecule has 0 radical (unpaired) electrons. The molecule has 0 spiro atoms. The number of rotatable bonds is 8. The first-order valence-electron chi connectivity index (χ1n) is 6.15. The van der Waals surface area contributed by atoms with Gasteiger partial charge in [-0.1, -0.05) is 23.2 Å². The van der Waals surface area contributed by atoms with Crippen LogP contribution < -0.4 is 4.74 Å². The first-order valence-corrected chi connectivity index (χ1v) is 6.90. The maximum Gasteiger partial charge on any atom is 0.328 e. The van der Waals surface area contributed by atoms with Crippen molar-refractivity contribution in [1.82, 2.24) is 0 Å². The summed E-state index contributed by atoms with van der Waals surface area (Å²) in [5, 5.41) is 9.43. The normalized spacial score (nSPS) is 10.9. The van der Waals surface area contributed by atoms with Gasteiger partial charge < -0.3 is 14.6 Å². The number of carboxylic acid groups (broad SMARTS) is 1. The SMILES string of the molecule is CCOCCCOc1c(Cl)cc(Cl)cc1C=CC(=O)O. The molecule has 1 N–H and O–H groups in total. The lowest BCUT2D eigenvalue weighted by Gasteiger charge is -2.11. The topological polar surface area (TPSA) is 55.8 Å². The van der Waals surface area contributed by atoms with Crippen molar-refractivity contribution in [2.45, 2.75) is 13.3 Å². The third-order valence-corrected chi connectivity index (χ3v) is 2.83. The van der Waals surface area contributed by atoms with Crippen molar-refractivity contribution in [1.29, 1.82) is 0 Å². The summed E-state index contributed by atoms with van der Waals surface area (Å²) in [5.74, 6) is -0.631. The van der Waals surface area contributed by atoms with Crippen molar-refractivity contribution in [3.05, 3.63) is 33.8 Å². The van der Waals surface area contributed by atoms with Gasteiger partial charge in [0.25, 0.3) is 0 Å². The Kier molecular flexibility index (Phi) is 7.44. The van der Waals surface area contributed by atoms with E-state index in [-0.39, 0.29) is 0 Å². The number of hydrogen-bond donors (Lipinski definition) is 1. The van der Waals surface area contributed by atoms with Gasteiger partial charge in [0.15, 0.2) is 0 Å². The Morgan fingerprint density at radius 1 is 1.35 bits per heavy atom. The Balaban J connectivity index is 2.79. The molecule has 0 aliphatic carbocycles. The zero-order valence-corrected chi connectivity index (χ0v) is 12.6. The Hall–Kier alpha value is -1.23. The van der Waals surface area contributed by atoms with E-state index in [1.165, 1.54) is 6.08 Å². The molecule has 0 aromatic heterocycles. The average molecular weight is 319 g/mol. The maximum absolute atomic E-state index is 10.6. The second kappa shape index (κ2) is 8.84. The van der Waals surface area contributed by atoms with Gasteiger partial charge in [-0.05, 0) is 25.1 Å². The first kappa shape index (κ1) is 16.8. The minimum absolute atomic E-state index is 0.346. The largest absolute Gasteiger partial charge is 0.491 e. The molecule has 0 bridgehead atoms. The molecule has 0 unspecified atom stereocenters. The second-order valence-corrected chi connectivity index (χ2v) is 4.72. The van der Waals surface area contributed by atoms with Crippen LogP contribution in [0, 0.1) is 0 Å².